The first-order valence-electron chi connectivity index (χ1n) is 8.67. The Labute approximate surface area is 142 Å². The number of anilines is 1. The Morgan fingerprint density at radius 1 is 1.12 bits per heavy atom. The van der Waals surface area contributed by atoms with Gasteiger partial charge in [-0.3, -0.25) is 4.79 Å². The molecule has 2 heterocycles. The van der Waals surface area contributed by atoms with Crippen LogP contribution in [0.25, 0.3) is 0 Å². The van der Waals surface area contributed by atoms with Crippen molar-refractivity contribution in [3.8, 4) is 0 Å². The van der Waals surface area contributed by atoms with Crippen LogP contribution in [0.4, 0.5) is 10.5 Å². The van der Waals surface area contributed by atoms with Gasteiger partial charge in [0.1, 0.15) is 0 Å². The number of nitrogens with one attached hydrogen (secondary N) is 2. The summed E-state index contributed by atoms with van der Waals surface area (Å²) in [4.78, 5) is 25.8. The number of urea groups is 1. The van der Waals surface area contributed by atoms with Gasteiger partial charge in [0.25, 0.3) is 5.91 Å². The Kier molecular flexibility index (Phi) is 5.35. The third kappa shape index (κ3) is 3.87. The third-order valence-corrected chi connectivity index (χ3v) is 4.94. The number of likely N-dealkylation sites (tertiary alicyclic amines) is 1. The summed E-state index contributed by atoms with van der Waals surface area (Å²) in [6.07, 6.45) is 4.74. The Bertz CT molecular complexity index is 574. The van der Waals surface area contributed by atoms with Crippen LogP contribution in [0.15, 0.2) is 24.3 Å². The van der Waals surface area contributed by atoms with E-state index in [-0.39, 0.29) is 11.9 Å². The molecule has 2 aliphatic heterocycles. The second kappa shape index (κ2) is 7.66. The van der Waals surface area contributed by atoms with Crippen LogP contribution in [0.2, 0.25) is 0 Å². The van der Waals surface area contributed by atoms with Crippen molar-refractivity contribution in [1.29, 1.82) is 0 Å². The van der Waals surface area contributed by atoms with Crippen LogP contribution >= 0.6 is 0 Å². The Balaban J connectivity index is 1.49. The summed E-state index contributed by atoms with van der Waals surface area (Å²) in [7, 11) is 1.60. The normalized spacial score (nSPS) is 21.5. The zero-order valence-electron chi connectivity index (χ0n) is 14.1. The summed E-state index contributed by atoms with van der Waals surface area (Å²) in [6.45, 7) is 2.43. The van der Waals surface area contributed by atoms with E-state index in [1.54, 1.807) is 31.3 Å². The van der Waals surface area contributed by atoms with Gasteiger partial charge >= 0.3 is 6.03 Å². The van der Waals surface area contributed by atoms with Crippen LogP contribution in [-0.4, -0.2) is 49.7 Å². The molecule has 0 radical (unpaired) electrons. The first kappa shape index (κ1) is 16.8. The molecule has 2 N–H and O–H groups in total. The van der Waals surface area contributed by atoms with Gasteiger partial charge in [-0.05, 0) is 55.9 Å². The van der Waals surface area contributed by atoms with Gasteiger partial charge in [-0.15, -0.1) is 0 Å². The number of hydrogen-bond acceptors (Lipinski definition) is 3. The fourth-order valence-corrected chi connectivity index (χ4v) is 3.50. The molecule has 6 heteroatoms. The largest absolute Gasteiger partial charge is 0.378 e. The standard InChI is InChI=1S/C18H25N3O3/c1-19-17(22)14-4-6-15(7-5-14)20-18(23)21-10-8-13(9-11-21)16-3-2-12-24-16/h4-7,13,16H,2-3,8-12H2,1H3,(H,19,22)(H,20,23). The summed E-state index contributed by atoms with van der Waals surface area (Å²) in [5.41, 5.74) is 1.28. The molecule has 2 saturated heterocycles. The first-order valence-corrected chi connectivity index (χ1v) is 8.67. The molecular formula is C18H25N3O3. The van der Waals surface area contributed by atoms with Crippen molar-refractivity contribution in [2.24, 2.45) is 5.92 Å². The summed E-state index contributed by atoms with van der Waals surface area (Å²) in [6, 6.07) is 6.84. The van der Waals surface area contributed by atoms with E-state index in [4.69, 9.17) is 4.74 Å². The van der Waals surface area contributed by atoms with Gasteiger partial charge in [-0.2, -0.15) is 0 Å². The molecule has 24 heavy (non-hydrogen) atoms. The van der Waals surface area contributed by atoms with E-state index in [0.29, 0.717) is 23.3 Å². The molecule has 6 nitrogen and oxygen atoms in total. The van der Waals surface area contributed by atoms with Crippen LogP contribution in [-0.2, 0) is 4.74 Å². The molecule has 0 bridgehead atoms. The Morgan fingerprint density at radius 3 is 2.42 bits per heavy atom. The van der Waals surface area contributed by atoms with Crippen molar-refractivity contribution in [3.63, 3.8) is 0 Å². The van der Waals surface area contributed by atoms with Gasteiger partial charge in [0.15, 0.2) is 0 Å². The van der Waals surface area contributed by atoms with Gasteiger partial charge in [0.2, 0.25) is 0 Å². The van der Waals surface area contributed by atoms with Crippen molar-refractivity contribution in [2.75, 3.05) is 32.1 Å². The molecule has 0 aliphatic carbocycles. The molecular weight excluding hydrogens is 306 g/mol. The van der Waals surface area contributed by atoms with Gasteiger partial charge in [-0.1, -0.05) is 0 Å². The van der Waals surface area contributed by atoms with Crippen LogP contribution in [0.5, 0.6) is 0 Å². The van der Waals surface area contributed by atoms with Crippen molar-refractivity contribution in [3.05, 3.63) is 29.8 Å². The summed E-state index contributed by atoms with van der Waals surface area (Å²) < 4.78 is 5.77. The van der Waals surface area contributed by atoms with Crippen molar-refractivity contribution in [1.82, 2.24) is 10.2 Å². The van der Waals surface area contributed by atoms with E-state index in [9.17, 15) is 9.59 Å². The summed E-state index contributed by atoms with van der Waals surface area (Å²) in [5, 5.41) is 5.48. The van der Waals surface area contributed by atoms with E-state index in [2.05, 4.69) is 10.6 Å². The van der Waals surface area contributed by atoms with E-state index in [1.165, 1.54) is 0 Å². The minimum Gasteiger partial charge on any atom is -0.378 e. The number of carbonyl (C=O) groups is 2. The van der Waals surface area contributed by atoms with Gasteiger partial charge in [0, 0.05) is 38.0 Å². The highest BCUT2D eigenvalue weighted by atomic mass is 16.5. The topological polar surface area (TPSA) is 70.7 Å². The minimum atomic E-state index is -0.135. The van der Waals surface area contributed by atoms with Crippen LogP contribution in [0.1, 0.15) is 36.0 Å². The van der Waals surface area contributed by atoms with Gasteiger partial charge in [-0.25, -0.2) is 4.79 Å². The SMILES string of the molecule is CNC(=O)c1ccc(NC(=O)N2CCC(C3CCCO3)CC2)cc1. The number of ether oxygens (including phenoxy) is 1. The molecule has 1 atom stereocenters. The predicted molar refractivity (Wildman–Crippen MR) is 92.1 cm³/mol. The molecule has 1 aromatic rings. The number of nitrogens with zero attached hydrogens (tertiary/aromatic N) is 1. The second-order valence-electron chi connectivity index (χ2n) is 6.46. The highest BCUT2D eigenvalue weighted by molar-refractivity contribution is 5.95. The predicted octanol–water partition coefficient (Wildman–Crippen LogP) is 2.47. The monoisotopic (exact) mass is 331 g/mol. The average Bonchev–Trinajstić information content (AvgIpc) is 3.16. The zero-order chi connectivity index (χ0) is 16.9. The average molecular weight is 331 g/mol. The lowest BCUT2D eigenvalue weighted by atomic mass is 9.90. The van der Waals surface area contributed by atoms with Crippen LogP contribution < -0.4 is 10.6 Å². The smallest absolute Gasteiger partial charge is 0.321 e. The van der Waals surface area contributed by atoms with Crippen LogP contribution in [0, 0.1) is 5.92 Å². The van der Waals surface area contributed by atoms with Gasteiger partial charge in [0.05, 0.1) is 6.10 Å². The van der Waals surface area contributed by atoms with E-state index < -0.39 is 0 Å². The molecule has 2 fully saturated rings. The lowest BCUT2D eigenvalue weighted by molar-refractivity contribution is 0.0382. The fourth-order valence-electron chi connectivity index (χ4n) is 3.50. The molecule has 130 valence electrons. The lowest BCUT2D eigenvalue weighted by Gasteiger charge is -2.34. The number of benzene rings is 1. The lowest BCUT2D eigenvalue weighted by Crippen LogP contribution is -2.43. The first-order chi connectivity index (χ1) is 11.7. The van der Waals surface area contributed by atoms with Crippen molar-refractivity contribution >= 4 is 17.6 Å². The zero-order valence-corrected chi connectivity index (χ0v) is 14.1. The molecule has 3 amide bonds. The Hall–Kier alpha value is -2.08. The number of carbonyl (C=O) groups excluding carboxylic acids is 2. The van der Waals surface area contributed by atoms with Crippen molar-refractivity contribution < 1.29 is 14.3 Å². The maximum Gasteiger partial charge on any atom is 0.321 e. The number of hydrogen-bond donors (Lipinski definition) is 2. The minimum absolute atomic E-state index is 0.0755. The molecule has 0 aromatic heterocycles. The van der Waals surface area contributed by atoms with Crippen LogP contribution in [0.3, 0.4) is 0 Å². The second-order valence-corrected chi connectivity index (χ2v) is 6.46. The highest BCUT2D eigenvalue weighted by Crippen LogP contribution is 2.29. The molecule has 2 aliphatic rings. The summed E-state index contributed by atoms with van der Waals surface area (Å²) in [5.74, 6) is 0.451. The molecule has 3 rings (SSSR count). The number of piperidine rings is 1. The Morgan fingerprint density at radius 2 is 1.83 bits per heavy atom. The van der Waals surface area contributed by atoms with Crippen molar-refractivity contribution in [2.45, 2.75) is 31.8 Å². The highest BCUT2D eigenvalue weighted by Gasteiger charge is 2.30. The quantitative estimate of drug-likeness (QED) is 0.894. The maximum absolute atomic E-state index is 12.4. The molecule has 1 unspecified atom stereocenters. The molecule has 0 spiro atoms. The molecule has 1 aromatic carbocycles. The fraction of sp³-hybridized carbons (Fsp3) is 0.556. The molecule has 0 saturated carbocycles. The van der Waals surface area contributed by atoms with E-state index >= 15 is 0 Å². The van der Waals surface area contributed by atoms with Gasteiger partial charge < -0.3 is 20.3 Å². The summed E-state index contributed by atoms with van der Waals surface area (Å²) >= 11 is 0. The maximum atomic E-state index is 12.4. The number of rotatable bonds is 3. The van der Waals surface area contributed by atoms with E-state index in [1.807, 2.05) is 4.90 Å². The van der Waals surface area contributed by atoms with E-state index in [0.717, 1.165) is 45.4 Å². The number of amides is 3. The third-order valence-electron chi connectivity index (χ3n) is 4.94.